The summed E-state index contributed by atoms with van der Waals surface area (Å²) in [5.74, 6) is 2.31. The maximum absolute atomic E-state index is 12.1. The molecule has 1 N–H and O–H groups in total. The van der Waals surface area contributed by atoms with Crippen LogP contribution in [-0.2, 0) is 4.79 Å². The Morgan fingerprint density at radius 2 is 1.74 bits per heavy atom. The molecule has 1 aliphatic heterocycles. The van der Waals surface area contributed by atoms with Crippen LogP contribution in [0.5, 0.6) is 0 Å². The van der Waals surface area contributed by atoms with Gasteiger partial charge in [0.25, 0.3) is 0 Å². The quantitative estimate of drug-likeness (QED) is 0.846. The van der Waals surface area contributed by atoms with E-state index in [1.165, 1.54) is 57.8 Å². The molecule has 3 heteroatoms. The van der Waals surface area contributed by atoms with Crippen molar-refractivity contribution >= 4 is 5.91 Å². The minimum absolute atomic E-state index is 0.327. The lowest BCUT2D eigenvalue weighted by atomic mass is 9.83. The van der Waals surface area contributed by atoms with Crippen molar-refractivity contribution in [3.05, 3.63) is 0 Å². The second kappa shape index (κ2) is 6.25. The number of carbonyl (C=O) groups is 1. The summed E-state index contributed by atoms with van der Waals surface area (Å²) in [6, 6.07) is 0.605. The molecule has 0 aromatic heterocycles. The summed E-state index contributed by atoms with van der Waals surface area (Å²) in [6.45, 7) is 2.54. The number of amides is 1. The smallest absolute Gasteiger partial charge is 0.236 e. The van der Waals surface area contributed by atoms with Crippen molar-refractivity contribution in [1.82, 2.24) is 10.2 Å². The van der Waals surface area contributed by atoms with E-state index in [2.05, 4.69) is 10.2 Å². The highest BCUT2D eigenvalue weighted by molar-refractivity contribution is 5.78. The van der Waals surface area contributed by atoms with Gasteiger partial charge in [0.1, 0.15) is 0 Å². The predicted molar refractivity (Wildman–Crippen MR) is 76.9 cm³/mol. The molecule has 2 aliphatic carbocycles. The van der Waals surface area contributed by atoms with E-state index in [4.69, 9.17) is 0 Å². The highest BCUT2D eigenvalue weighted by Gasteiger charge is 2.34. The maximum atomic E-state index is 12.1. The molecular formula is C16H28N2O. The Morgan fingerprint density at radius 1 is 0.947 bits per heavy atom. The van der Waals surface area contributed by atoms with Crippen LogP contribution in [0.15, 0.2) is 0 Å². The van der Waals surface area contributed by atoms with Crippen molar-refractivity contribution in [2.75, 3.05) is 19.6 Å². The van der Waals surface area contributed by atoms with Crippen molar-refractivity contribution in [3.63, 3.8) is 0 Å². The maximum Gasteiger partial charge on any atom is 0.236 e. The highest BCUT2D eigenvalue weighted by atomic mass is 16.2. The summed E-state index contributed by atoms with van der Waals surface area (Å²) >= 11 is 0. The second-order valence-corrected chi connectivity index (χ2v) is 6.78. The molecule has 0 aromatic rings. The minimum Gasteiger partial charge on any atom is -0.342 e. The fourth-order valence-corrected chi connectivity index (χ4v) is 3.90. The summed E-state index contributed by atoms with van der Waals surface area (Å²) in [5, 5.41) is 3.54. The van der Waals surface area contributed by atoms with Crippen LogP contribution in [0, 0.1) is 11.8 Å². The Kier molecular flexibility index (Phi) is 4.42. The van der Waals surface area contributed by atoms with Crippen LogP contribution in [-0.4, -0.2) is 36.5 Å². The van der Waals surface area contributed by atoms with Gasteiger partial charge in [-0.2, -0.15) is 0 Å². The zero-order valence-electron chi connectivity index (χ0n) is 12.1. The van der Waals surface area contributed by atoms with Crippen LogP contribution in [0.4, 0.5) is 0 Å². The van der Waals surface area contributed by atoms with Gasteiger partial charge in [-0.3, -0.25) is 4.79 Å². The molecule has 1 amide bonds. The molecule has 0 aromatic carbocycles. The molecule has 2 atom stereocenters. The number of piperidine rings is 1. The summed E-state index contributed by atoms with van der Waals surface area (Å²) in [7, 11) is 0. The van der Waals surface area contributed by atoms with E-state index >= 15 is 0 Å². The molecule has 3 aliphatic rings. The fourth-order valence-electron chi connectivity index (χ4n) is 3.90. The third-order valence-corrected chi connectivity index (χ3v) is 5.25. The van der Waals surface area contributed by atoms with E-state index in [1.54, 1.807) is 0 Å². The predicted octanol–water partition coefficient (Wildman–Crippen LogP) is 2.56. The van der Waals surface area contributed by atoms with E-state index in [0.717, 1.165) is 24.9 Å². The number of hydrogen-bond acceptors (Lipinski definition) is 2. The molecular weight excluding hydrogens is 236 g/mol. The Balaban J connectivity index is 1.39. The largest absolute Gasteiger partial charge is 0.342 e. The lowest BCUT2D eigenvalue weighted by molar-refractivity contribution is -0.131. The van der Waals surface area contributed by atoms with Gasteiger partial charge in [-0.05, 0) is 56.8 Å². The molecule has 1 saturated heterocycles. The molecule has 2 saturated carbocycles. The average molecular weight is 264 g/mol. The Labute approximate surface area is 117 Å². The Morgan fingerprint density at radius 3 is 2.47 bits per heavy atom. The average Bonchev–Trinajstić information content (AvgIpc) is 3.31. The molecule has 0 radical (unpaired) electrons. The van der Waals surface area contributed by atoms with Crippen molar-refractivity contribution < 1.29 is 4.79 Å². The van der Waals surface area contributed by atoms with E-state index in [1.807, 2.05) is 0 Å². The zero-order chi connectivity index (χ0) is 13.1. The van der Waals surface area contributed by atoms with Gasteiger partial charge in [0.2, 0.25) is 5.91 Å². The van der Waals surface area contributed by atoms with Crippen LogP contribution in [0.25, 0.3) is 0 Å². The fraction of sp³-hybridized carbons (Fsp3) is 0.938. The van der Waals surface area contributed by atoms with Crippen molar-refractivity contribution in [2.24, 2.45) is 11.8 Å². The summed E-state index contributed by atoms with van der Waals surface area (Å²) in [4.78, 5) is 14.2. The molecule has 3 nitrogen and oxygen atoms in total. The summed E-state index contributed by atoms with van der Waals surface area (Å²) < 4.78 is 0. The first-order valence-corrected chi connectivity index (χ1v) is 8.34. The van der Waals surface area contributed by atoms with E-state index in [0.29, 0.717) is 18.5 Å². The van der Waals surface area contributed by atoms with Crippen molar-refractivity contribution in [1.29, 1.82) is 0 Å². The molecule has 0 bridgehead atoms. The molecule has 108 valence electrons. The third-order valence-electron chi connectivity index (χ3n) is 5.25. The van der Waals surface area contributed by atoms with Crippen LogP contribution >= 0.6 is 0 Å². The van der Waals surface area contributed by atoms with Gasteiger partial charge in [0, 0.05) is 19.1 Å². The van der Waals surface area contributed by atoms with E-state index in [-0.39, 0.29) is 0 Å². The molecule has 1 heterocycles. The van der Waals surface area contributed by atoms with Gasteiger partial charge in [0.15, 0.2) is 0 Å². The lowest BCUT2D eigenvalue weighted by Gasteiger charge is -2.31. The number of nitrogens with zero attached hydrogens (tertiary/aromatic N) is 1. The van der Waals surface area contributed by atoms with Crippen LogP contribution in [0.3, 0.4) is 0 Å². The topological polar surface area (TPSA) is 32.3 Å². The van der Waals surface area contributed by atoms with Gasteiger partial charge >= 0.3 is 0 Å². The monoisotopic (exact) mass is 264 g/mol. The van der Waals surface area contributed by atoms with Crippen molar-refractivity contribution in [3.8, 4) is 0 Å². The number of hydrogen-bond donors (Lipinski definition) is 1. The molecule has 2 unspecified atom stereocenters. The molecule has 3 fully saturated rings. The van der Waals surface area contributed by atoms with Crippen molar-refractivity contribution in [2.45, 2.75) is 63.8 Å². The van der Waals surface area contributed by atoms with E-state index < -0.39 is 0 Å². The molecule has 19 heavy (non-hydrogen) atoms. The number of likely N-dealkylation sites (tertiary alicyclic amines) is 1. The zero-order valence-corrected chi connectivity index (χ0v) is 12.1. The number of carbonyl (C=O) groups excluding carboxylic acids is 1. The van der Waals surface area contributed by atoms with Crippen LogP contribution in [0.1, 0.15) is 57.8 Å². The lowest BCUT2D eigenvalue weighted by Crippen LogP contribution is -2.45. The van der Waals surface area contributed by atoms with Gasteiger partial charge in [-0.25, -0.2) is 0 Å². The first kappa shape index (κ1) is 13.4. The number of rotatable bonds is 4. The third kappa shape index (κ3) is 3.71. The first-order valence-electron chi connectivity index (χ1n) is 8.34. The van der Waals surface area contributed by atoms with Crippen LogP contribution < -0.4 is 5.32 Å². The standard InChI is InChI=1S/C16H28N2O/c19-16(18-9-2-1-3-10-18)12-17-15-6-4-5-14(11-15)13-7-8-13/h13-15,17H,1-12H2. The van der Waals surface area contributed by atoms with E-state index in [9.17, 15) is 4.79 Å². The molecule has 3 rings (SSSR count). The normalized spacial score (nSPS) is 32.3. The Hall–Kier alpha value is -0.570. The van der Waals surface area contributed by atoms with Gasteiger partial charge in [-0.15, -0.1) is 0 Å². The highest BCUT2D eigenvalue weighted by Crippen LogP contribution is 2.43. The summed E-state index contributed by atoms with van der Waals surface area (Å²) in [5.41, 5.74) is 0. The van der Waals surface area contributed by atoms with Crippen LogP contribution in [0.2, 0.25) is 0 Å². The summed E-state index contributed by atoms with van der Waals surface area (Å²) in [6.07, 6.45) is 12.0. The van der Waals surface area contributed by atoms with Gasteiger partial charge in [-0.1, -0.05) is 12.8 Å². The van der Waals surface area contributed by atoms with Gasteiger partial charge in [0.05, 0.1) is 6.54 Å². The minimum atomic E-state index is 0.327. The number of nitrogens with one attached hydrogen (secondary N) is 1. The van der Waals surface area contributed by atoms with Gasteiger partial charge < -0.3 is 10.2 Å². The second-order valence-electron chi connectivity index (χ2n) is 6.78. The SMILES string of the molecule is O=C(CNC1CCCC(C2CC2)C1)N1CCCCC1. The first-order chi connectivity index (χ1) is 9.33. The molecule has 0 spiro atoms. The Bertz CT molecular complexity index is 308.